The van der Waals surface area contributed by atoms with Crippen LogP contribution in [0.15, 0.2) is 60.9 Å². The predicted octanol–water partition coefficient (Wildman–Crippen LogP) is 1.69. The topological polar surface area (TPSA) is 70.1 Å². The molecule has 3 rings (SSSR count). The van der Waals surface area contributed by atoms with Crippen LogP contribution in [-0.2, 0) is 4.79 Å². The molecule has 0 bridgehead atoms. The first-order valence-corrected chi connectivity index (χ1v) is 8.72. The highest BCUT2D eigenvalue weighted by molar-refractivity contribution is 6.32. The van der Waals surface area contributed by atoms with Crippen LogP contribution in [0.3, 0.4) is 0 Å². The zero-order valence-electron chi connectivity index (χ0n) is 15.7. The molecule has 27 heavy (non-hydrogen) atoms. The summed E-state index contributed by atoms with van der Waals surface area (Å²) in [5.41, 5.74) is 3.62. The Morgan fingerprint density at radius 1 is 1.15 bits per heavy atom. The summed E-state index contributed by atoms with van der Waals surface area (Å²) in [6, 6.07) is 13.7. The van der Waals surface area contributed by atoms with E-state index < -0.39 is 0 Å². The lowest BCUT2D eigenvalue weighted by atomic mass is 9.96. The van der Waals surface area contributed by atoms with Gasteiger partial charge < -0.3 is 15.5 Å². The molecule has 0 aliphatic heterocycles. The smallest absolute Gasteiger partial charge is 0.248 e. The molecule has 3 aromatic rings. The molecule has 1 aromatic heterocycles. The summed E-state index contributed by atoms with van der Waals surface area (Å²) in [6.07, 6.45) is 4.89. The third-order valence-electron chi connectivity index (χ3n) is 3.92. The third kappa shape index (κ3) is 5.15. The van der Waals surface area contributed by atoms with Gasteiger partial charge in [-0.25, -0.2) is 9.97 Å². The molecule has 0 aliphatic rings. The van der Waals surface area contributed by atoms with Crippen LogP contribution in [0.1, 0.15) is 0 Å². The van der Waals surface area contributed by atoms with Gasteiger partial charge in [-0.1, -0.05) is 23.7 Å². The van der Waals surface area contributed by atoms with Gasteiger partial charge in [0.25, 0.3) is 0 Å². The van der Waals surface area contributed by atoms with E-state index in [4.69, 9.17) is 0 Å². The Labute approximate surface area is 159 Å². The average molecular weight is 359 g/mol. The van der Waals surface area contributed by atoms with Gasteiger partial charge in [0.05, 0.1) is 5.52 Å². The zero-order valence-corrected chi connectivity index (χ0v) is 15.7. The SMILES string of the molecule is Bc1cccc(Nc2ncnc3ccc(NC(=O)/C=C/CN(C)C)cc23)c1. The molecule has 0 unspecified atom stereocenters. The second-order valence-electron chi connectivity index (χ2n) is 6.60. The zero-order chi connectivity index (χ0) is 19.2. The summed E-state index contributed by atoms with van der Waals surface area (Å²) in [5.74, 6) is 0.533. The van der Waals surface area contributed by atoms with Gasteiger partial charge in [0.1, 0.15) is 20.0 Å². The van der Waals surface area contributed by atoms with Gasteiger partial charge in [-0.3, -0.25) is 4.79 Å². The van der Waals surface area contributed by atoms with Gasteiger partial charge in [-0.2, -0.15) is 0 Å². The summed E-state index contributed by atoms with van der Waals surface area (Å²) in [7, 11) is 5.95. The number of fused-ring (bicyclic) bond motifs is 1. The van der Waals surface area contributed by atoms with Crippen LogP contribution in [0.5, 0.6) is 0 Å². The maximum Gasteiger partial charge on any atom is 0.248 e. The fourth-order valence-electron chi connectivity index (χ4n) is 2.65. The molecule has 0 aliphatic carbocycles. The summed E-state index contributed by atoms with van der Waals surface area (Å²) in [5, 5.41) is 7.05. The van der Waals surface area contributed by atoms with E-state index in [2.05, 4.69) is 26.7 Å². The fourth-order valence-corrected chi connectivity index (χ4v) is 2.65. The molecule has 1 amide bonds. The Hall–Kier alpha value is -3.19. The Morgan fingerprint density at radius 2 is 2.00 bits per heavy atom. The number of nitrogens with zero attached hydrogens (tertiary/aromatic N) is 3. The van der Waals surface area contributed by atoms with E-state index in [1.54, 1.807) is 0 Å². The molecule has 0 saturated heterocycles. The van der Waals surface area contributed by atoms with Crippen molar-refractivity contribution in [3.63, 3.8) is 0 Å². The first-order valence-electron chi connectivity index (χ1n) is 8.72. The molecule has 0 fully saturated rings. The number of hydrogen-bond donors (Lipinski definition) is 2. The third-order valence-corrected chi connectivity index (χ3v) is 3.92. The number of amides is 1. The second-order valence-corrected chi connectivity index (χ2v) is 6.60. The van der Waals surface area contributed by atoms with Crippen molar-refractivity contribution in [3.8, 4) is 0 Å². The number of rotatable bonds is 6. The first-order chi connectivity index (χ1) is 13.0. The number of carbonyl (C=O) groups excluding carboxylic acids is 1. The van der Waals surface area contributed by atoms with E-state index >= 15 is 0 Å². The first kappa shape index (κ1) is 18.6. The van der Waals surface area contributed by atoms with Gasteiger partial charge >= 0.3 is 0 Å². The Kier molecular flexibility index (Phi) is 5.83. The van der Waals surface area contributed by atoms with Crippen LogP contribution in [0.2, 0.25) is 0 Å². The molecule has 0 radical (unpaired) electrons. The van der Waals surface area contributed by atoms with Gasteiger partial charge in [-0.05, 0) is 44.4 Å². The van der Waals surface area contributed by atoms with Crippen LogP contribution in [0, 0.1) is 0 Å². The Balaban J connectivity index is 1.83. The highest BCUT2D eigenvalue weighted by Gasteiger charge is 2.07. The molecule has 2 aromatic carbocycles. The van der Waals surface area contributed by atoms with Gasteiger partial charge in [-0.15, -0.1) is 0 Å². The molecule has 6 nitrogen and oxygen atoms in total. The summed E-state index contributed by atoms with van der Waals surface area (Å²) >= 11 is 0. The van der Waals surface area contributed by atoms with Crippen molar-refractivity contribution in [2.24, 2.45) is 0 Å². The minimum atomic E-state index is -0.166. The Morgan fingerprint density at radius 3 is 2.78 bits per heavy atom. The molecular weight excluding hydrogens is 337 g/mol. The van der Waals surface area contributed by atoms with Crippen molar-refractivity contribution in [1.29, 1.82) is 0 Å². The van der Waals surface area contributed by atoms with Crippen LogP contribution >= 0.6 is 0 Å². The second kappa shape index (κ2) is 8.46. The lowest BCUT2D eigenvalue weighted by Gasteiger charge is -2.10. The largest absolute Gasteiger partial charge is 0.340 e. The number of benzene rings is 2. The van der Waals surface area contributed by atoms with E-state index in [0.29, 0.717) is 18.1 Å². The van der Waals surface area contributed by atoms with Crippen LogP contribution in [-0.4, -0.2) is 49.3 Å². The van der Waals surface area contributed by atoms with Crippen molar-refractivity contribution in [1.82, 2.24) is 14.9 Å². The van der Waals surface area contributed by atoms with Crippen LogP contribution < -0.4 is 16.1 Å². The molecule has 136 valence electrons. The normalized spacial score (nSPS) is 11.2. The molecule has 7 heteroatoms. The predicted molar refractivity (Wildman–Crippen MR) is 114 cm³/mol. The summed E-state index contributed by atoms with van der Waals surface area (Å²) in [4.78, 5) is 22.7. The van der Waals surface area contributed by atoms with E-state index in [1.807, 2.05) is 69.3 Å². The molecule has 0 saturated carbocycles. The van der Waals surface area contributed by atoms with Crippen molar-refractivity contribution in [3.05, 3.63) is 60.9 Å². The molecular formula is C20H22BN5O. The van der Waals surface area contributed by atoms with Crippen molar-refractivity contribution >= 4 is 47.3 Å². The van der Waals surface area contributed by atoms with Crippen LogP contribution in [0.4, 0.5) is 17.2 Å². The van der Waals surface area contributed by atoms with E-state index in [-0.39, 0.29) is 5.91 Å². The summed E-state index contributed by atoms with van der Waals surface area (Å²) in [6.45, 7) is 0.712. The quantitative estimate of drug-likeness (QED) is 0.518. The number of likely N-dealkylation sites (N-methyl/N-ethyl adjacent to an activating group) is 1. The lowest BCUT2D eigenvalue weighted by molar-refractivity contribution is -0.111. The monoisotopic (exact) mass is 359 g/mol. The highest BCUT2D eigenvalue weighted by atomic mass is 16.1. The fraction of sp³-hybridized carbons (Fsp3) is 0.150. The van der Waals surface area contributed by atoms with Crippen molar-refractivity contribution in [2.75, 3.05) is 31.3 Å². The maximum atomic E-state index is 12.1. The number of hydrogen-bond acceptors (Lipinski definition) is 5. The lowest BCUT2D eigenvalue weighted by Crippen LogP contribution is -2.13. The standard InChI is InChI=1S/C20H22BN5O/c1-26(2)10-4-7-19(27)24-16-8-9-18-17(12-16)20(23-13-22-18)25-15-6-3-5-14(21)11-15/h3-9,11-13H,10,21H2,1-2H3,(H,24,27)(H,22,23,25)/b7-4+. The van der Waals surface area contributed by atoms with Crippen molar-refractivity contribution < 1.29 is 4.79 Å². The molecule has 2 N–H and O–H groups in total. The van der Waals surface area contributed by atoms with E-state index in [9.17, 15) is 4.79 Å². The minimum absolute atomic E-state index is 0.166. The van der Waals surface area contributed by atoms with Gasteiger partial charge in [0.15, 0.2) is 0 Å². The number of nitrogens with one attached hydrogen (secondary N) is 2. The van der Waals surface area contributed by atoms with E-state index in [0.717, 1.165) is 22.1 Å². The maximum absolute atomic E-state index is 12.1. The van der Waals surface area contributed by atoms with Gasteiger partial charge in [0, 0.05) is 29.4 Å². The number of carbonyl (C=O) groups is 1. The average Bonchev–Trinajstić information content (AvgIpc) is 2.62. The Bertz CT molecular complexity index is 987. The number of aromatic nitrogens is 2. The van der Waals surface area contributed by atoms with Crippen molar-refractivity contribution in [2.45, 2.75) is 0 Å². The number of anilines is 3. The molecule has 1 heterocycles. The minimum Gasteiger partial charge on any atom is -0.340 e. The van der Waals surface area contributed by atoms with Gasteiger partial charge in [0.2, 0.25) is 5.91 Å². The highest BCUT2D eigenvalue weighted by Crippen LogP contribution is 2.25. The molecule has 0 spiro atoms. The summed E-state index contributed by atoms with van der Waals surface area (Å²) < 4.78 is 0. The molecule has 0 atom stereocenters. The van der Waals surface area contributed by atoms with Crippen LogP contribution in [0.25, 0.3) is 10.9 Å². The van der Waals surface area contributed by atoms with E-state index in [1.165, 1.54) is 12.4 Å².